The second kappa shape index (κ2) is 7.64. The van der Waals surface area contributed by atoms with Crippen molar-refractivity contribution in [3.63, 3.8) is 0 Å². The van der Waals surface area contributed by atoms with Gasteiger partial charge in [-0.2, -0.15) is 10.4 Å². The minimum Gasteiger partial charge on any atom is -0.464 e. The molecule has 6 heteroatoms. The fraction of sp³-hybridized carbons (Fsp3) is 0.150. The molecule has 0 radical (unpaired) electrons. The molecular weight excluding hydrogens is 330 g/mol. The number of ether oxygens (including phenoxy) is 1. The first-order valence-electron chi connectivity index (χ1n) is 8.02. The van der Waals surface area contributed by atoms with Gasteiger partial charge in [0, 0.05) is 5.56 Å². The van der Waals surface area contributed by atoms with Gasteiger partial charge < -0.3 is 9.84 Å². The number of aliphatic hydroxyl groups is 1. The molecule has 0 saturated heterocycles. The Kier molecular flexibility index (Phi) is 5.11. The molecule has 1 aromatic heterocycles. The van der Waals surface area contributed by atoms with Crippen LogP contribution in [0.3, 0.4) is 0 Å². The van der Waals surface area contributed by atoms with Crippen molar-refractivity contribution in [2.45, 2.75) is 12.6 Å². The molecule has 0 amide bonds. The number of hydrogen-bond donors (Lipinski definition) is 1. The predicted octanol–water partition coefficient (Wildman–Crippen LogP) is 2.94. The number of carbonyl (C=O) groups excluding carboxylic acids is 1. The molecule has 0 saturated carbocycles. The van der Waals surface area contributed by atoms with E-state index in [9.17, 15) is 9.90 Å². The number of nitriles is 1. The van der Waals surface area contributed by atoms with Crippen molar-refractivity contribution in [3.8, 4) is 17.3 Å². The Morgan fingerprint density at radius 2 is 1.92 bits per heavy atom. The molecule has 130 valence electrons. The highest BCUT2D eigenvalue weighted by Crippen LogP contribution is 2.22. The van der Waals surface area contributed by atoms with Crippen molar-refractivity contribution in [2.24, 2.45) is 0 Å². The summed E-state index contributed by atoms with van der Waals surface area (Å²) in [6, 6.07) is 19.8. The molecule has 0 aliphatic carbocycles. The maximum atomic E-state index is 12.1. The molecule has 3 rings (SSSR count). The molecule has 1 atom stereocenters. The Labute approximate surface area is 150 Å². The Bertz CT molecular complexity index is 941. The summed E-state index contributed by atoms with van der Waals surface area (Å²) in [5, 5.41) is 23.8. The van der Waals surface area contributed by atoms with Gasteiger partial charge in [-0.3, -0.25) is 4.68 Å². The average Bonchev–Trinajstić information content (AvgIpc) is 3.12. The Morgan fingerprint density at radius 1 is 1.23 bits per heavy atom. The Balaban J connectivity index is 1.91. The van der Waals surface area contributed by atoms with Crippen LogP contribution >= 0.6 is 0 Å². The van der Waals surface area contributed by atoms with Crippen LogP contribution in [0.1, 0.15) is 27.7 Å². The van der Waals surface area contributed by atoms with E-state index < -0.39 is 12.1 Å². The van der Waals surface area contributed by atoms with E-state index in [4.69, 9.17) is 10.00 Å². The quantitative estimate of drug-likeness (QED) is 0.717. The first-order chi connectivity index (χ1) is 12.6. The van der Waals surface area contributed by atoms with E-state index in [1.165, 1.54) is 11.8 Å². The molecule has 3 aromatic rings. The molecule has 1 N–H and O–H groups in total. The number of carbonyl (C=O) groups is 1. The molecule has 0 bridgehead atoms. The minimum absolute atomic E-state index is 0.0865. The summed E-state index contributed by atoms with van der Waals surface area (Å²) in [7, 11) is 1.30. The van der Waals surface area contributed by atoms with Crippen molar-refractivity contribution in [1.82, 2.24) is 9.78 Å². The Hall–Kier alpha value is -3.43. The molecule has 0 fully saturated rings. The van der Waals surface area contributed by atoms with Crippen LogP contribution in [0.15, 0.2) is 60.7 Å². The highest BCUT2D eigenvalue weighted by atomic mass is 16.5. The number of aliphatic hydroxyl groups excluding tert-OH is 1. The van der Waals surface area contributed by atoms with Gasteiger partial charge in [-0.15, -0.1) is 0 Å². The molecule has 1 unspecified atom stereocenters. The van der Waals surface area contributed by atoms with Gasteiger partial charge in [-0.05, 0) is 23.8 Å². The van der Waals surface area contributed by atoms with Gasteiger partial charge in [0.25, 0.3) is 0 Å². The molecular formula is C20H17N3O3. The van der Waals surface area contributed by atoms with E-state index >= 15 is 0 Å². The molecule has 0 aliphatic heterocycles. The summed E-state index contributed by atoms with van der Waals surface area (Å²) in [5.41, 5.74) is 2.90. The monoisotopic (exact) mass is 347 g/mol. The van der Waals surface area contributed by atoms with Crippen LogP contribution in [0.25, 0.3) is 11.3 Å². The fourth-order valence-corrected chi connectivity index (χ4v) is 2.62. The van der Waals surface area contributed by atoms with Crippen LogP contribution in [0, 0.1) is 11.3 Å². The van der Waals surface area contributed by atoms with Gasteiger partial charge in [-0.1, -0.05) is 42.5 Å². The lowest BCUT2D eigenvalue weighted by atomic mass is 10.1. The normalized spacial score (nSPS) is 11.6. The lowest BCUT2D eigenvalue weighted by molar-refractivity contribution is 0.0580. The topological polar surface area (TPSA) is 88.1 Å². The molecule has 6 nitrogen and oxygen atoms in total. The summed E-state index contributed by atoms with van der Waals surface area (Å²) >= 11 is 0. The minimum atomic E-state index is -0.880. The van der Waals surface area contributed by atoms with E-state index in [-0.39, 0.29) is 12.2 Å². The molecule has 0 aliphatic rings. The zero-order valence-electron chi connectivity index (χ0n) is 14.2. The zero-order chi connectivity index (χ0) is 18.5. The van der Waals surface area contributed by atoms with Crippen LogP contribution in [0.4, 0.5) is 0 Å². The lowest BCUT2D eigenvalue weighted by Crippen LogP contribution is -2.16. The average molecular weight is 347 g/mol. The van der Waals surface area contributed by atoms with Gasteiger partial charge >= 0.3 is 5.97 Å². The summed E-state index contributed by atoms with van der Waals surface area (Å²) in [5.74, 6) is -0.522. The van der Waals surface area contributed by atoms with Crippen molar-refractivity contribution < 1.29 is 14.6 Å². The van der Waals surface area contributed by atoms with Gasteiger partial charge in [0.05, 0.1) is 37.1 Å². The molecule has 0 spiro atoms. The summed E-state index contributed by atoms with van der Waals surface area (Å²) < 4.78 is 6.27. The standard InChI is InChI=1S/C20H17N3O3/c1-26-20(25)18-11-17(15-5-3-2-4-6-15)22-23(18)13-19(24)16-9-7-14(12-21)8-10-16/h2-11,19,24H,13H2,1H3. The molecule has 26 heavy (non-hydrogen) atoms. The van der Waals surface area contributed by atoms with Crippen LogP contribution in [0.5, 0.6) is 0 Å². The van der Waals surface area contributed by atoms with E-state index in [2.05, 4.69) is 5.10 Å². The van der Waals surface area contributed by atoms with Gasteiger partial charge in [0.1, 0.15) is 5.69 Å². The number of nitrogens with zero attached hydrogens (tertiary/aromatic N) is 3. The third kappa shape index (κ3) is 3.63. The molecule has 1 heterocycles. The number of aromatic nitrogens is 2. The maximum absolute atomic E-state index is 12.1. The van der Waals surface area contributed by atoms with E-state index in [0.717, 1.165) is 5.56 Å². The van der Waals surface area contributed by atoms with Gasteiger partial charge in [0.15, 0.2) is 0 Å². The Morgan fingerprint density at radius 3 is 2.54 bits per heavy atom. The largest absolute Gasteiger partial charge is 0.464 e. The third-order valence-electron chi connectivity index (χ3n) is 4.01. The highest BCUT2D eigenvalue weighted by Gasteiger charge is 2.19. The first-order valence-corrected chi connectivity index (χ1v) is 8.02. The smallest absolute Gasteiger partial charge is 0.356 e. The number of benzene rings is 2. The van der Waals surface area contributed by atoms with Crippen LogP contribution in [-0.2, 0) is 11.3 Å². The predicted molar refractivity (Wildman–Crippen MR) is 95.1 cm³/mol. The highest BCUT2D eigenvalue weighted by molar-refractivity contribution is 5.89. The lowest BCUT2D eigenvalue weighted by Gasteiger charge is -2.13. The van der Waals surface area contributed by atoms with Crippen LogP contribution in [-0.4, -0.2) is 28.0 Å². The summed E-state index contributed by atoms with van der Waals surface area (Å²) in [6.45, 7) is 0.0865. The van der Waals surface area contributed by atoms with Crippen LogP contribution < -0.4 is 0 Å². The summed E-state index contributed by atoms with van der Waals surface area (Å²) in [6.07, 6.45) is -0.880. The number of esters is 1. The zero-order valence-corrected chi connectivity index (χ0v) is 14.2. The number of hydrogen-bond acceptors (Lipinski definition) is 5. The SMILES string of the molecule is COC(=O)c1cc(-c2ccccc2)nn1CC(O)c1ccc(C#N)cc1. The maximum Gasteiger partial charge on any atom is 0.356 e. The fourth-order valence-electron chi connectivity index (χ4n) is 2.62. The van der Waals surface area contributed by atoms with E-state index in [1.807, 2.05) is 36.4 Å². The van der Waals surface area contributed by atoms with Crippen molar-refractivity contribution in [2.75, 3.05) is 7.11 Å². The van der Waals surface area contributed by atoms with E-state index in [0.29, 0.717) is 16.8 Å². The molecule has 2 aromatic carbocycles. The second-order valence-electron chi connectivity index (χ2n) is 5.70. The third-order valence-corrected chi connectivity index (χ3v) is 4.01. The second-order valence-corrected chi connectivity index (χ2v) is 5.70. The van der Waals surface area contributed by atoms with Crippen LogP contribution in [0.2, 0.25) is 0 Å². The van der Waals surface area contributed by atoms with Crippen molar-refractivity contribution >= 4 is 5.97 Å². The van der Waals surface area contributed by atoms with Crippen molar-refractivity contribution in [3.05, 3.63) is 77.5 Å². The van der Waals surface area contributed by atoms with E-state index in [1.54, 1.807) is 30.3 Å². The van der Waals surface area contributed by atoms with Gasteiger partial charge in [-0.25, -0.2) is 4.79 Å². The number of rotatable bonds is 5. The van der Waals surface area contributed by atoms with Crippen molar-refractivity contribution in [1.29, 1.82) is 5.26 Å². The summed E-state index contributed by atoms with van der Waals surface area (Å²) in [4.78, 5) is 12.1. The van der Waals surface area contributed by atoms with Gasteiger partial charge in [0.2, 0.25) is 0 Å². The number of methoxy groups -OCH3 is 1. The first kappa shape index (κ1) is 17.4.